The summed E-state index contributed by atoms with van der Waals surface area (Å²) >= 11 is 0. The van der Waals surface area contributed by atoms with Gasteiger partial charge in [0.1, 0.15) is 0 Å². The lowest BCUT2D eigenvalue weighted by atomic mass is 10.00. The molecular formula is C14H20N4O. The average Bonchev–Trinajstić information content (AvgIpc) is 2.78. The fourth-order valence-electron chi connectivity index (χ4n) is 2.74. The fourth-order valence-corrected chi connectivity index (χ4v) is 2.74. The number of nitrogens with zero attached hydrogens (tertiary/aromatic N) is 1. The van der Waals surface area contributed by atoms with Gasteiger partial charge in [-0.2, -0.15) is 0 Å². The van der Waals surface area contributed by atoms with E-state index < -0.39 is 0 Å². The first-order valence-corrected chi connectivity index (χ1v) is 6.87. The summed E-state index contributed by atoms with van der Waals surface area (Å²) in [5.74, 6) is 0.473. The van der Waals surface area contributed by atoms with E-state index in [9.17, 15) is 4.79 Å². The van der Waals surface area contributed by atoms with Crippen LogP contribution in [0.5, 0.6) is 0 Å². The Bertz CT molecular complexity index is 609. The lowest BCUT2D eigenvalue weighted by Gasteiger charge is -2.29. The monoisotopic (exact) mass is 260 g/mol. The largest absolute Gasteiger partial charge is 0.323 e. The standard InChI is InChI=1S/C14H20N4O/c1-10(9-18-6-4-15-5-7-18)11-2-3-12-13(8-11)17-14(19)16-12/h2-3,8,10,15H,4-7,9H2,1H3,(H2,16,17,19). The highest BCUT2D eigenvalue weighted by Crippen LogP contribution is 2.20. The van der Waals surface area contributed by atoms with E-state index in [0.717, 1.165) is 43.8 Å². The van der Waals surface area contributed by atoms with E-state index in [4.69, 9.17) is 0 Å². The molecule has 0 radical (unpaired) electrons. The number of H-pyrrole nitrogens is 2. The lowest BCUT2D eigenvalue weighted by molar-refractivity contribution is 0.230. The van der Waals surface area contributed by atoms with Crippen LogP contribution < -0.4 is 11.0 Å². The maximum Gasteiger partial charge on any atom is 0.323 e. The van der Waals surface area contributed by atoms with E-state index >= 15 is 0 Å². The number of benzene rings is 1. The third-order valence-electron chi connectivity index (χ3n) is 3.85. The molecule has 1 aliphatic rings. The average molecular weight is 260 g/mol. The van der Waals surface area contributed by atoms with Gasteiger partial charge in [0.05, 0.1) is 11.0 Å². The molecule has 1 saturated heterocycles. The molecule has 2 heterocycles. The minimum atomic E-state index is -0.137. The summed E-state index contributed by atoms with van der Waals surface area (Å²) in [7, 11) is 0. The summed E-state index contributed by atoms with van der Waals surface area (Å²) in [5.41, 5.74) is 2.92. The Labute approximate surface area is 112 Å². The second-order valence-corrected chi connectivity index (χ2v) is 5.34. The Hall–Kier alpha value is -1.59. The molecule has 5 heteroatoms. The van der Waals surface area contributed by atoms with E-state index in [1.54, 1.807) is 0 Å². The van der Waals surface area contributed by atoms with E-state index in [1.807, 2.05) is 6.07 Å². The molecular weight excluding hydrogens is 240 g/mol. The third kappa shape index (κ3) is 2.72. The summed E-state index contributed by atoms with van der Waals surface area (Å²) in [6.45, 7) is 7.71. The molecule has 1 atom stereocenters. The van der Waals surface area contributed by atoms with Crippen molar-refractivity contribution in [2.75, 3.05) is 32.7 Å². The molecule has 0 aliphatic carbocycles. The normalized spacial score (nSPS) is 18.8. The molecule has 0 saturated carbocycles. The van der Waals surface area contributed by atoms with Gasteiger partial charge in [-0.25, -0.2) is 4.79 Å². The van der Waals surface area contributed by atoms with Crippen LogP contribution in [0.4, 0.5) is 0 Å². The Morgan fingerprint density at radius 2 is 1.95 bits per heavy atom. The molecule has 0 spiro atoms. The maximum absolute atomic E-state index is 11.3. The van der Waals surface area contributed by atoms with Gasteiger partial charge in [0.25, 0.3) is 0 Å². The molecule has 0 amide bonds. The van der Waals surface area contributed by atoms with E-state index in [-0.39, 0.29) is 5.69 Å². The molecule has 1 aromatic carbocycles. The van der Waals surface area contributed by atoms with Crippen LogP contribution in [0.15, 0.2) is 23.0 Å². The van der Waals surface area contributed by atoms with Crippen LogP contribution in [0.1, 0.15) is 18.4 Å². The number of hydrogen-bond acceptors (Lipinski definition) is 3. The predicted molar refractivity (Wildman–Crippen MR) is 76.6 cm³/mol. The topological polar surface area (TPSA) is 63.9 Å². The van der Waals surface area contributed by atoms with Crippen molar-refractivity contribution in [3.63, 3.8) is 0 Å². The zero-order valence-electron chi connectivity index (χ0n) is 11.2. The van der Waals surface area contributed by atoms with E-state index in [1.165, 1.54) is 5.56 Å². The van der Waals surface area contributed by atoms with Crippen molar-refractivity contribution in [1.29, 1.82) is 0 Å². The van der Waals surface area contributed by atoms with Gasteiger partial charge in [-0.05, 0) is 23.6 Å². The Morgan fingerprint density at radius 3 is 2.74 bits per heavy atom. The van der Waals surface area contributed by atoms with Gasteiger partial charge < -0.3 is 20.2 Å². The van der Waals surface area contributed by atoms with Gasteiger partial charge in [-0.15, -0.1) is 0 Å². The Morgan fingerprint density at radius 1 is 1.21 bits per heavy atom. The molecule has 2 aromatic rings. The van der Waals surface area contributed by atoms with Gasteiger partial charge in [0.2, 0.25) is 0 Å². The summed E-state index contributed by atoms with van der Waals surface area (Å²) in [5, 5.41) is 3.37. The SMILES string of the molecule is CC(CN1CCNCC1)c1ccc2[nH]c(=O)[nH]c2c1. The summed E-state index contributed by atoms with van der Waals surface area (Å²) in [6, 6.07) is 6.18. The zero-order valence-corrected chi connectivity index (χ0v) is 11.2. The van der Waals surface area contributed by atoms with Crippen molar-refractivity contribution in [3.8, 4) is 0 Å². The first-order valence-electron chi connectivity index (χ1n) is 6.87. The molecule has 19 heavy (non-hydrogen) atoms. The molecule has 102 valence electrons. The second kappa shape index (κ2) is 5.19. The van der Waals surface area contributed by atoms with E-state index in [0.29, 0.717) is 5.92 Å². The van der Waals surface area contributed by atoms with Crippen molar-refractivity contribution in [3.05, 3.63) is 34.2 Å². The van der Waals surface area contributed by atoms with Gasteiger partial charge in [0.15, 0.2) is 0 Å². The highest BCUT2D eigenvalue weighted by atomic mass is 16.1. The molecule has 5 nitrogen and oxygen atoms in total. The fraction of sp³-hybridized carbons (Fsp3) is 0.500. The Kier molecular flexibility index (Phi) is 3.40. The second-order valence-electron chi connectivity index (χ2n) is 5.34. The third-order valence-corrected chi connectivity index (χ3v) is 3.85. The quantitative estimate of drug-likeness (QED) is 0.767. The van der Waals surface area contributed by atoms with Crippen LogP contribution in [0.2, 0.25) is 0 Å². The lowest BCUT2D eigenvalue weighted by Crippen LogP contribution is -2.44. The predicted octanol–water partition coefficient (Wildman–Crippen LogP) is 0.865. The van der Waals surface area contributed by atoms with Gasteiger partial charge in [-0.3, -0.25) is 0 Å². The highest BCUT2D eigenvalue weighted by Gasteiger charge is 2.14. The summed E-state index contributed by atoms with van der Waals surface area (Å²) < 4.78 is 0. The number of aromatic nitrogens is 2. The number of imidazole rings is 1. The number of nitrogens with one attached hydrogen (secondary N) is 3. The molecule has 1 fully saturated rings. The molecule has 3 N–H and O–H groups in total. The van der Waals surface area contributed by atoms with Gasteiger partial charge >= 0.3 is 5.69 Å². The first-order chi connectivity index (χ1) is 9.22. The summed E-state index contributed by atoms with van der Waals surface area (Å²) in [4.78, 5) is 19.4. The van der Waals surface area contributed by atoms with Gasteiger partial charge in [0, 0.05) is 32.7 Å². The minimum absolute atomic E-state index is 0.137. The van der Waals surface area contributed by atoms with Gasteiger partial charge in [-0.1, -0.05) is 13.0 Å². The molecule has 3 rings (SSSR count). The highest BCUT2D eigenvalue weighted by molar-refractivity contribution is 5.75. The smallest absolute Gasteiger partial charge is 0.314 e. The van der Waals surface area contributed by atoms with E-state index in [2.05, 4.69) is 39.2 Å². The molecule has 1 unspecified atom stereocenters. The van der Waals surface area contributed by atoms with Crippen LogP contribution in [0, 0.1) is 0 Å². The van der Waals surface area contributed by atoms with Crippen LogP contribution >= 0.6 is 0 Å². The Balaban J connectivity index is 1.76. The molecule has 1 aliphatic heterocycles. The number of rotatable bonds is 3. The van der Waals surface area contributed by atoms with Crippen LogP contribution in [-0.4, -0.2) is 47.6 Å². The van der Waals surface area contributed by atoms with Crippen LogP contribution in [0.3, 0.4) is 0 Å². The molecule has 0 bridgehead atoms. The van der Waals surface area contributed by atoms with Crippen LogP contribution in [0.25, 0.3) is 11.0 Å². The van der Waals surface area contributed by atoms with Crippen molar-refractivity contribution < 1.29 is 0 Å². The minimum Gasteiger partial charge on any atom is -0.314 e. The van der Waals surface area contributed by atoms with Crippen molar-refractivity contribution in [1.82, 2.24) is 20.2 Å². The number of hydrogen-bond donors (Lipinski definition) is 3. The van der Waals surface area contributed by atoms with Crippen LogP contribution in [-0.2, 0) is 0 Å². The first kappa shape index (κ1) is 12.4. The number of fused-ring (bicyclic) bond motifs is 1. The molecule has 1 aromatic heterocycles. The maximum atomic E-state index is 11.3. The zero-order chi connectivity index (χ0) is 13.2. The van der Waals surface area contributed by atoms with Crippen molar-refractivity contribution in [2.45, 2.75) is 12.8 Å². The summed E-state index contributed by atoms with van der Waals surface area (Å²) in [6.07, 6.45) is 0. The number of aromatic amines is 2. The van der Waals surface area contributed by atoms with Crippen molar-refractivity contribution in [2.24, 2.45) is 0 Å². The van der Waals surface area contributed by atoms with Crippen molar-refractivity contribution >= 4 is 11.0 Å². The number of piperazine rings is 1.